The van der Waals surface area contributed by atoms with Crippen LogP contribution in [-0.4, -0.2) is 10.9 Å². The van der Waals surface area contributed by atoms with E-state index < -0.39 is 0 Å². The largest absolute Gasteiger partial charge is 0.489 e. The molecule has 1 aromatic heterocycles. The number of amides is 1. The van der Waals surface area contributed by atoms with Crippen molar-refractivity contribution in [3.63, 3.8) is 0 Å². The van der Waals surface area contributed by atoms with Crippen molar-refractivity contribution in [2.45, 2.75) is 19.4 Å². The van der Waals surface area contributed by atoms with Gasteiger partial charge in [0.05, 0.1) is 0 Å². The number of rotatable bonds is 3. The highest BCUT2D eigenvalue weighted by atomic mass is 16.5. The average molecular weight is 279 g/mol. The summed E-state index contributed by atoms with van der Waals surface area (Å²) in [6.45, 7) is 0.351. The first kappa shape index (κ1) is 13.1. The fourth-order valence-corrected chi connectivity index (χ4v) is 2.23. The topological polar surface area (TPSA) is 75.0 Å². The van der Waals surface area contributed by atoms with E-state index in [1.54, 1.807) is 18.3 Å². The van der Waals surface area contributed by atoms with E-state index >= 15 is 0 Å². The first-order valence-electron chi connectivity index (χ1n) is 6.65. The molecular formula is C16H13N3O2. The van der Waals surface area contributed by atoms with Gasteiger partial charge in [0.1, 0.15) is 24.1 Å². The van der Waals surface area contributed by atoms with Gasteiger partial charge in [-0.2, -0.15) is 5.26 Å². The van der Waals surface area contributed by atoms with E-state index in [9.17, 15) is 4.79 Å². The van der Waals surface area contributed by atoms with E-state index in [4.69, 9.17) is 10.00 Å². The number of fused-ring (bicyclic) bond motifs is 1. The van der Waals surface area contributed by atoms with E-state index in [1.807, 2.05) is 24.3 Å². The molecule has 0 aliphatic carbocycles. The number of hydrogen-bond donors (Lipinski definition) is 1. The van der Waals surface area contributed by atoms with Crippen LogP contribution in [0.15, 0.2) is 36.5 Å². The summed E-state index contributed by atoms with van der Waals surface area (Å²) in [5, 5.41) is 11.7. The van der Waals surface area contributed by atoms with E-state index in [0.29, 0.717) is 24.5 Å². The predicted molar refractivity (Wildman–Crippen MR) is 76.7 cm³/mol. The number of anilines is 1. The molecule has 104 valence electrons. The second kappa shape index (κ2) is 5.63. The molecule has 0 fully saturated rings. The van der Waals surface area contributed by atoms with Crippen LogP contribution in [-0.2, 0) is 17.8 Å². The Morgan fingerprint density at radius 2 is 2.19 bits per heavy atom. The summed E-state index contributed by atoms with van der Waals surface area (Å²) >= 11 is 0. The second-order valence-electron chi connectivity index (χ2n) is 4.82. The van der Waals surface area contributed by atoms with Crippen LogP contribution < -0.4 is 10.1 Å². The molecule has 0 saturated heterocycles. The Morgan fingerprint density at radius 3 is 3.05 bits per heavy atom. The maximum absolute atomic E-state index is 11.4. The molecule has 1 aliphatic rings. The monoisotopic (exact) mass is 279 g/mol. The number of carbonyl (C=O) groups is 1. The molecule has 1 aliphatic heterocycles. The maximum Gasteiger partial charge on any atom is 0.224 e. The van der Waals surface area contributed by atoms with Crippen molar-refractivity contribution in [1.29, 1.82) is 5.26 Å². The number of nitrogens with one attached hydrogen (secondary N) is 1. The van der Waals surface area contributed by atoms with Crippen molar-refractivity contribution in [3.8, 4) is 11.8 Å². The third-order valence-electron chi connectivity index (χ3n) is 3.32. The molecule has 3 rings (SSSR count). The van der Waals surface area contributed by atoms with Crippen LogP contribution in [0.25, 0.3) is 0 Å². The number of ether oxygens (including phenoxy) is 1. The molecule has 2 heterocycles. The van der Waals surface area contributed by atoms with Gasteiger partial charge in [0.2, 0.25) is 5.91 Å². The molecule has 0 saturated carbocycles. The highest BCUT2D eigenvalue weighted by molar-refractivity contribution is 5.94. The van der Waals surface area contributed by atoms with Gasteiger partial charge in [0.25, 0.3) is 0 Å². The molecule has 1 amide bonds. The highest BCUT2D eigenvalue weighted by Gasteiger charge is 2.15. The van der Waals surface area contributed by atoms with Gasteiger partial charge >= 0.3 is 0 Å². The molecule has 5 nitrogen and oxygen atoms in total. The lowest BCUT2D eigenvalue weighted by Gasteiger charge is -2.17. The number of carbonyl (C=O) groups excluding carboxylic acids is 1. The molecule has 0 bridgehead atoms. The zero-order chi connectivity index (χ0) is 14.7. The van der Waals surface area contributed by atoms with Crippen LogP contribution in [0.4, 0.5) is 5.69 Å². The van der Waals surface area contributed by atoms with Gasteiger partial charge in [-0.1, -0.05) is 6.07 Å². The first-order valence-corrected chi connectivity index (χ1v) is 6.65. The lowest BCUT2D eigenvalue weighted by molar-refractivity contribution is -0.116. The maximum atomic E-state index is 11.4. The van der Waals surface area contributed by atoms with Gasteiger partial charge in [-0.05, 0) is 35.7 Å². The Bertz CT molecular complexity index is 735. The van der Waals surface area contributed by atoms with Crippen LogP contribution in [0.2, 0.25) is 0 Å². The number of nitriles is 1. The minimum absolute atomic E-state index is 0.0347. The van der Waals surface area contributed by atoms with Crippen LogP contribution in [0.3, 0.4) is 0 Å². The number of aryl methyl sites for hydroxylation is 1. The zero-order valence-electron chi connectivity index (χ0n) is 11.3. The van der Waals surface area contributed by atoms with Crippen molar-refractivity contribution in [3.05, 3.63) is 53.3 Å². The molecule has 21 heavy (non-hydrogen) atoms. The number of hydrogen-bond acceptors (Lipinski definition) is 4. The molecule has 0 unspecified atom stereocenters. The smallest absolute Gasteiger partial charge is 0.224 e. The summed E-state index contributed by atoms with van der Waals surface area (Å²) in [6.07, 6.45) is 2.88. The summed E-state index contributed by atoms with van der Waals surface area (Å²) in [5.74, 6) is 0.721. The van der Waals surface area contributed by atoms with Crippen molar-refractivity contribution in [2.24, 2.45) is 0 Å². The van der Waals surface area contributed by atoms with Crippen molar-refractivity contribution < 1.29 is 9.53 Å². The fraction of sp³-hybridized carbons (Fsp3) is 0.188. The lowest BCUT2D eigenvalue weighted by Crippen LogP contribution is -2.18. The van der Waals surface area contributed by atoms with Crippen molar-refractivity contribution >= 4 is 11.6 Å². The Balaban J connectivity index is 1.72. The highest BCUT2D eigenvalue weighted by Crippen LogP contribution is 2.27. The van der Waals surface area contributed by atoms with E-state index in [2.05, 4.69) is 10.3 Å². The van der Waals surface area contributed by atoms with E-state index in [-0.39, 0.29) is 5.91 Å². The minimum atomic E-state index is 0.0347. The molecule has 0 atom stereocenters. The normalized spacial score (nSPS) is 13.0. The summed E-state index contributed by atoms with van der Waals surface area (Å²) in [6, 6.07) is 11.2. The quantitative estimate of drug-likeness (QED) is 0.936. The fourth-order valence-electron chi connectivity index (χ4n) is 2.23. The van der Waals surface area contributed by atoms with Crippen molar-refractivity contribution in [1.82, 2.24) is 4.98 Å². The third kappa shape index (κ3) is 3.00. The van der Waals surface area contributed by atoms with Gasteiger partial charge in [-0.15, -0.1) is 0 Å². The first-order chi connectivity index (χ1) is 10.2. The lowest BCUT2D eigenvalue weighted by atomic mass is 10.0. The van der Waals surface area contributed by atoms with Crippen LogP contribution in [0.1, 0.15) is 23.2 Å². The summed E-state index contributed by atoms with van der Waals surface area (Å²) in [7, 11) is 0. The average Bonchev–Trinajstić information content (AvgIpc) is 2.52. The molecular weight excluding hydrogens is 266 g/mol. The number of nitrogens with zero attached hydrogens (tertiary/aromatic N) is 2. The Labute approximate surface area is 122 Å². The van der Waals surface area contributed by atoms with Crippen molar-refractivity contribution in [2.75, 3.05) is 5.32 Å². The number of benzene rings is 1. The van der Waals surface area contributed by atoms with Gasteiger partial charge < -0.3 is 10.1 Å². The molecule has 1 aromatic carbocycles. The standard InChI is InChI=1S/C16H13N3O2/c17-9-13-7-11(5-6-18-13)10-21-14-3-1-12-2-4-16(20)19-15(12)8-14/h1,3,5-8H,2,4,10H2,(H,19,20). The summed E-state index contributed by atoms with van der Waals surface area (Å²) < 4.78 is 5.70. The Kier molecular flexibility index (Phi) is 3.52. The summed E-state index contributed by atoms with van der Waals surface area (Å²) in [4.78, 5) is 15.3. The minimum Gasteiger partial charge on any atom is -0.489 e. The number of pyridine rings is 1. The SMILES string of the molecule is N#Cc1cc(COc2ccc3c(c2)NC(=O)CC3)ccn1. The predicted octanol–water partition coefficient (Wildman–Crippen LogP) is 2.42. The van der Waals surface area contributed by atoms with Crippen LogP contribution in [0, 0.1) is 11.3 Å². The second-order valence-corrected chi connectivity index (χ2v) is 4.82. The molecule has 1 N–H and O–H groups in total. The molecule has 2 aromatic rings. The van der Waals surface area contributed by atoms with Gasteiger partial charge in [-0.25, -0.2) is 4.98 Å². The number of aromatic nitrogens is 1. The van der Waals surface area contributed by atoms with Gasteiger partial charge in [0, 0.05) is 24.4 Å². The molecule has 0 radical (unpaired) electrons. The molecule has 0 spiro atoms. The Hall–Kier alpha value is -2.87. The van der Waals surface area contributed by atoms with Gasteiger partial charge in [0.15, 0.2) is 0 Å². The Morgan fingerprint density at radius 1 is 1.29 bits per heavy atom. The zero-order valence-corrected chi connectivity index (χ0v) is 11.3. The molecule has 5 heteroatoms. The van der Waals surface area contributed by atoms with Crippen LogP contribution >= 0.6 is 0 Å². The third-order valence-corrected chi connectivity index (χ3v) is 3.32. The van der Waals surface area contributed by atoms with E-state index in [1.165, 1.54) is 0 Å². The van der Waals surface area contributed by atoms with E-state index in [0.717, 1.165) is 23.2 Å². The van der Waals surface area contributed by atoms with Crippen LogP contribution in [0.5, 0.6) is 5.75 Å². The van der Waals surface area contributed by atoms with Gasteiger partial charge in [-0.3, -0.25) is 4.79 Å². The summed E-state index contributed by atoms with van der Waals surface area (Å²) in [5.41, 5.74) is 3.19.